The molecule has 2 aliphatic carbocycles. The highest BCUT2D eigenvalue weighted by Gasteiger charge is 2.26. The number of aliphatic hydroxyl groups is 1. The molecule has 4 N–H and O–H groups in total. The van der Waals surface area contributed by atoms with Gasteiger partial charge in [0.25, 0.3) is 5.91 Å². The molecule has 2 atom stereocenters. The lowest BCUT2D eigenvalue weighted by molar-refractivity contribution is 0.0717. The number of rotatable bonds is 7. The molecule has 2 saturated carbocycles. The third-order valence-corrected chi connectivity index (χ3v) is 6.74. The van der Waals surface area contributed by atoms with Gasteiger partial charge in [-0.15, -0.1) is 0 Å². The van der Waals surface area contributed by atoms with Crippen LogP contribution < -0.4 is 15.2 Å². The van der Waals surface area contributed by atoms with E-state index in [2.05, 4.69) is 10.3 Å². The van der Waals surface area contributed by atoms with Crippen molar-refractivity contribution < 1.29 is 23.1 Å². The van der Waals surface area contributed by atoms with Crippen LogP contribution in [0, 0.1) is 5.92 Å². The van der Waals surface area contributed by atoms with Crippen molar-refractivity contribution in [2.45, 2.75) is 55.6 Å². The molecule has 1 heterocycles. The van der Waals surface area contributed by atoms with Crippen LogP contribution in [0.2, 0.25) is 0 Å². The second kappa shape index (κ2) is 8.94. The van der Waals surface area contributed by atoms with E-state index in [0.29, 0.717) is 41.5 Å². The maximum atomic E-state index is 12.8. The number of aliphatic hydroxyl groups excluding tert-OH is 1. The Labute approximate surface area is 181 Å². The van der Waals surface area contributed by atoms with Gasteiger partial charge >= 0.3 is 0 Å². The Balaban J connectivity index is 1.61. The molecule has 0 bridgehead atoms. The van der Waals surface area contributed by atoms with Crippen molar-refractivity contribution in [3.8, 4) is 17.0 Å². The van der Waals surface area contributed by atoms with E-state index < -0.39 is 16.1 Å². The molecule has 0 saturated heterocycles. The Morgan fingerprint density at radius 2 is 1.87 bits per heavy atom. The smallest absolute Gasteiger partial charge is 0.253 e. The molecular weight excluding hydrogens is 418 g/mol. The largest absolute Gasteiger partial charge is 0.477 e. The van der Waals surface area contributed by atoms with Crippen molar-refractivity contribution in [1.29, 1.82) is 0 Å². The summed E-state index contributed by atoms with van der Waals surface area (Å²) in [7, 11) is -3.80. The third kappa shape index (κ3) is 5.41. The average molecular weight is 446 g/mol. The van der Waals surface area contributed by atoms with E-state index in [1.54, 1.807) is 18.2 Å². The molecule has 166 valence electrons. The highest BCUT2D eigenvalue weighted by molar-refractivity contribution is 7.89. The van der Waals surface area contributed by atoms with Crippen molar-refractivity contribution >= 4 is 15.9 Å². The number of ether oxygens (including phenoxy) is 1. The van der Waals surface area contributed by atoms with Crippen LogP contribution in [-0.2, 0) is 10.0 Å². The van der Waals surface area contributed by atoms with E-state index >= 15 is 0 Å². The second-order valence-corrected chi connectivity index (χ2v) is 9.89. The van der Waals surface area contributed by atoms with Crippen molar-refractivity contribution in [3.05, 3.63) is 42.1 Å². The molecule has 2 fully saturated rings. The van der Waals surface area contributed by atoms with Crippen LogP contribution in [-0.4, -0.2) is 43.2 Å². The van der Waals surface area contributed by atoms with Crippen LogP contribution in [0.5, 0.6) is 5.88 Å². The summed E-state index contributed by atoms with van der Waals surface area (Å²) in [6.07, 6.45) is 6.53. The summed E-state index contributed by atoms with van der Waals surface area (Å²) < 4.78 is 29.0. The molecule has 8 nitrogen and oxygen atoms in total. The fourth-order valence-electron chi connectivity index (χ4n) is 3.74. The number of sulfonamides is 1. The summed E-state index contributed by atoms with van der Waals surface area (Å²) in [6.45, 7) is 0.551. The number of primary sulfonamides is 1. The van der Waals surface area contributed by atoms with Crippen LogP contribution in [0.25, 0.3) is 11.1 Å². The highest BCUT2D eigenvalue weighted by Crippen LogP contribution is 2.33. The Kier molecular flexibility index (Phi) is 6.27. The van der Waals surface area contributed by atoms with Crippen LogP contribution in [0.15, 0.2) is 41.4 Å². The van der Waals surface area contributed by atoms with Gasteiger partial charge in [-0.25, -0.2) is 18.5 Å². The standard InChI is InChI=1S/C22H27N3O5S/c23-31(28,29)17-9-7-15(8-10-17)18-11-16(12-24-22(18)30-13-14-5-6-14)21(27)25-19-3-1-2-4-20(19)26/h7-12,14,19-20,26H,1-6,13H2,(H,25,27)(H2,23,28,29)/t19-,20-/m1/s1. The van der Waals surface area contributed by atoms with Crippen molar-refractivity contribution in [2.24, 2.45) is 11.1 Å². The number of carbonyl (C=O) groups excluding carboxylic acids is 1. The second-order valence-electron chi connectivity index (χ2n) is 8.33. The van der Waals surface area contributed by atoms with Gasteiger partial charge in [0.1, 0.15) is 0 Å². The predicted molar refractivity (Wildman–Crippen MR) is 115 cm³/mol. The first kappa shape index (κ1) is 21.7. The summed E-state index contributed by atoms with van der Waals surface area (Å²) in [6, 6.07) is 7.48. The molecule has 9 heteroatoms. The monoisotopic (exact) mass is 445 g/mol. The molecule has 0 radical (unpaired) electrons. The van der Waals surface area contributed by atoms with E-state index in [-0.39, 0.29) is 16.8 Å². The lowest BCUT2D eigenvalue weighted by atomic mass is 9.92. The van der Waals surface area contributed by atoms with Crippen molar-refractivity contribution in [2.75, 3.05) is 6.61 Å². The van der Waals surface area contributed by atoms with E-state index in [4.69, 9.17) is 9.88 Å². The van der Waals surface area contributed by atoms with E-state index in [0.717, 1.165) is 32.1 Å². The number of hydrogen-bond donors (Lipinski definition) is 3. The van der Waals surface area contributed by atoms with Gasteiger partial charge in [-0.3, -0.25) is 4.79 Å². The SMILES string of the molecule is NS(=O)(=O)c1ccc(-c2cc(C(=O)N[C@@H]3CCCC[C@H]3O)cnc2OCC2CC2)cc1. The number of nitrogens with zero attached hydrogens (tertiary/aromatic N) is 1. The van der Waals surface area contributed by atoms with Crippen molar-refractivity contribution in [3.63, 3.8) is 0 Å². The lowest BCUT2D eigenvalue weighted by Gasteiger charge is -2.28. The van der Waals surface area contributed by atoms with E-state index in [9.17, 15) is 18.3 Å². The normalized spacial score (nSPS) is 21.5. The lowest BCUT2D eigenvalue weighted by Crippen LogP contribution is -2.45. The fraction of sp³-hybridized carbons (Fsp3) is 0.455. The summed E-state index contributed by atoms with van der Waals surface area (Å²) in [5.41, 5.74) is 1.61. The van der Waals surface area contributed by atoms with Crippen LogP contribution in [0.1, 0.15) is 48.9 Å². The maximum absolute atomic E-state index is 12.8. The fourth-order valence-corrected chi connectivity index (χ4v) is 4.25. The van der Waals surface area contributed by atoms with Crippen molar-refractivity contribution in [1.82, 2.24) is 10.3 Å². The molecular formula is C22H27N3O5S. The minimum absolute atomic E-state index is 0.00448. The molecule has 1 aromatic heterocycles. The quantitative estimate of drug-likeness (QED) is 0.599. The van der Waals surface area contributed by atoms with Gasteiger partial charge in [0, 0.05) is 11.8 Å². The number of benzene rings is 1. The number of nitrogens with two attached hydrogens (primary N) is 1. The van der Waals surface area contributed by atoms with Gasteiger partial charge in [0.15, 0.2) is 0 Å². The zero-order valence-corrected chi connectivity index (χ0v) is 18.0. The summed E-state index contributed by atoms with van der Waals surface area (Å²) in [4.78, 5) is 17.2. The average Bonchev–Trinajstić information content (AvgIpc) is 3.58. The first-order chi connectivity index (χ1) is 14.8. The minimum atomic E-state index is -3.80. The molecule has 1 aromatic carbocycles. The van der Waals surface area contributed by atoms with Crippen LogP contribution in [0.3, 0.4) is 0 Å². The summed E-state index contributed by atoms with van der Waals surface area (Å²) in [5.74, 6) is 0.606. The molecule has 4 rings (SSSR count). The van der Waals surface area contributed by atoms with Gasteiger partial charge in [-0.2, -0.15) is 0 Å². The predicted octanol–water partition coefficient (Wildman–Crippen LogP) is 2.22. The Morgan fingerprint density at radius 3 is 2.52 bits per heavy atom. The van der Waals surface area contributed by atoms with E-state index in [1.807, 2.05) is 0 Å². The summed E-state index contributed by atoms with van der Waals surface area (Å²) in [5, 5.41) is 18.2. The Bertz CT molecular complexity index is 1050. The maximum Gasteiger partial charge on any atom is 0.253 e. The molecule has 0 unspecified atom stereocenters. The molecule has 2 aliphatic rings. The Morgan fingerprint density at radius 1 is 1.16 bits per heavy atom. The van der Waals surface area contributed by atoms with E-state index in [1.165, 1.54) is 18.3 Å². The highest BCUT2D eigenvalue weighted by atomic mass is 32.2. The first-order valence-electron chi connectivity index (χ1n) is 10.6. The number of aromatic nitrogens is 1. The molecule has 0 spiro atoms. The molecule has 1 amide bonds. The van der Waals surface area contributed by atoms with Gasteiger partial charge in [-0.05, 0) is 55.4 Å². The zero-order valence-electron chi connectivity index (χ0n) is 17.2. The number of nitrogens with one attached hydrogen (secondary N) is 1. The molecule has 2 aromatic rings. The number of carbonyl (C=O) groups is 1. The molecule has 31 heavy (non-hydrogen) atoms. The molecule has 0 aliphatic heterocycles. The van der Waals surface area contributed by atoms with Crippen LogP contribution in [0.4, 0.5) is 0 Å². The van der Waals surface area contributed by atoms with Gasteiger partial charge in [0.05, 0.1) is 29.2 Å². The topological polar surface area (TPSA) is 132 Å². The number of hydrogen-bond acceptors (Lipinski definition) is 6. The number of pyridine rings is 1. The third-order valence-electron chi connectivity index (χ3n) is 5.81. The van der Waals surface area contributed by atoms with Gasteiger partial charge in [0.2, 0.25) is 15.9 Å². The zero-order chi connectivity index (χ0) is 22.0. The van der Waals surface area contributed by atoms with Gasteiger partial charge in [-0.1, -0.05) is 25.0 Å². The Hall–Kier alpha value is -2.49. The summed E-state index contributed by atoms with van der Waals surface area (Å²) >= 11 is 0. The minimum Gasteiger partial charge on any atom is -0.477 e. The van der Waals surface area contributed by atoms with Crippen LogP contribution >= 0.6 is 0 Å². The first-order valence-corrected chi connectivity index (χ1v) is 12.1. The number of amides is 1. The van der Waals surface area contributed by atoms with Gasteiger partial charge < -0.3 is 15.2 Å².